The summed E-state index contributed by atoms with van der Waals surface area (Å²) in [6.07, 6.45) is 12.3. The first-order valence-corrected chi connectivity index (χ1v) is 13.4. The van der Waals surface area contributed by atoms with Gasteiger partial charge in [0.15, 0.2) is 0 Å². The van der Waals surface area contributed by atoms with Crippen molar-refractivity contribution in [3.63, 3.8) is 0 Å². The number of ether oxygens (including phenoxy) is 1. The number of carbonyl (C=O) groups excluding carboxylic acids is 1. The Morgan fingerprint density at radius 3 is 2.60 bits per heavy atom. The van der Waals surface area contributed by atoms with Crippen molar-refractivity contribution in [3.8, 4) is 5.75 Å². The average molecular weight is 501 g/mol. The maximum atomic E-state index is 14.5. The van der Waals surface area contributed by atoms with Gasteiger partial charge in [-0.2, -0.15) is 0 Å². The second-order valence-corrected chi connectivity index (χ2v) is 10.7. The molecule has 8 heteroatoms. The predicted octanol–water partition coefficient (Wildman–Crippen LogP) is 5.19. The highest BCUT2D eigenvalue weighted by atomic mass is 35.5. The lowest BCUT2D eigenvalue weighted by molar-refractivity contribution is -0.121. The van der Waals surface area contributed by atoms with E-state index < -0.39 is 0 Å². The predicted molar refractivity (Wildman–Crippen MR) is 134 cm³/mol. The van der Waals surface area contributed by atoms with Gasteiger partial charge >= 0.3 is 0 Å². The summed E-state index contributed by atoms with van der Waals surface area (Å²) in [7, 11) is 0. The average Bonchev–Trinajstić information content (AvgIpc) is 3.45. The number of anilines is 1. The van der Waals surface area contributed by atoms with Gasteiger partial charge in [0, 0.05) is 25.2 Å². The molecule has 0 unspecified atom stereocenters. The summed E-state index contributed by atoms with van der Waals surface area (Å²) < 4.78 is 20.4. The summed E-state index contributed by atoms with van der Waals surface area (Å²) in [6.45, 7) is 2.56. The summed E-state index contributed by atoms with van der Waals surface area (Å²) >= 11 is 5.89. The first-order valence-electron chi connectivity index (χ1n) is 13.0. The Balaban J connectivity index is 1.01. The number of nitrogens with one attached hydrogen (secondary N) is 1. The van der Waals surface area contributed by atoms with Gasteiger partial charge in [-0.15, -0.1) is 0 Å². The molecule has 1 saturated heterocycles. The fourth-order valence-corrected chi connectivity index (χ4v) is 5.89. The second kappa shape index (κ2) is 11.1. The zero-order valence-electron chi connectivity index (χ0n) is 20.1. The third-order valence-electron chi connectivity index (χ3n) is 7.87. The molecule has 2 heterocycles. The molecule has 1 N–H and O–H groups in total. The number of carbonyl (C=O) groups is 1. The molecule has 3 fully saturated rings. The van der Waals surface area contributed by atoms with Gasteiger partial charge in [0.2, 0.25) is 11.9 Å². The van der Waals surface area contributed by atoms with E-state index in [1.54, 1.807) is 24.5 Å². The molecule has 1 aliphatic heterocycles. The second-order valence-electron chi connectivity index (χ2n) is 10.3. The minimum Gasteiger partial charge on any atom is -0.493 e. The summed E-state index contributed by atoms with van der Waals surface area (Å²) in [5, 5.41) is 3.58. The van der Waals surface area contributed by atoms with E-state index in [0.29, 0.717) is 28.9 Å². The molecular formula is C27H34ClFN4O2. The lowest BCUT2D eigenvalue weighted by atomic mass is 9.90. The van der Waals surface area contributed by atoms with E-state index >= 15 is 0 Å². The van der Waals surface area contributed by atoms with Crippen molar-refractivity contribution in [1.29, 1.82) is 0 Å². The highest BCUT2D eigenvalue weighted by molar-refractivity contribution is 6.30. The number of benzene rings is 1. The van der Waals surface area contributed by atoms with Crippen molar-refractivity contribution >= 4 is 23.5 Å². The van der Waals surface area contributed by atoms with Crippen LogP contribution in [0.2, 0.25) is 5.02 Å². The van der Waals surface area contributed by atoms with E-state index in [9.17, 15) is 9.18 Å². The van der Waals surface area contributed by atoms with Crippen LogP contribution >= 0.6 is 11.6 Å². The first kappa shape index (κ1) is 24.3. The maximum Gasteiger partial charge on any atom is 0.225 e. The minimum atomic E-state index is -0.371. The SMILES string of the molecule is O=C(Cc1ccc(OCC[C@@H]2C[C@@H]2C2CCN(c3ncc(Cl)cn3)CC2)cc1F)NC1CCCC1. The van der Waals surface area contributed by atoms with Crippen LogP contribution in [0, 0.1) is 23.6 Å². The van der Waals surface area contributed by atoms with Gasteiger partial charge in [-0.3, -0.25) is 4.79 Å². The van der Waals surface area contributed by atoms with E-state index in [4.69, 9.17) is 16.3 Å². The van der Waals surface area contributed by atoms with E-state index in [1.807, 2.05) is 0 Å². The first-order chi connectivity index (χ1) is 17.0. The van der Waals surface area contributed by atoms with Crippen LogP contribution in [-0.2, 0) is 11.2 Å². The maximum absolute atomic E-state index is 14.5. The van der Waals surface area contributed by atoms with E-state index in [2.05, 4.69) is 20.2 Å². The van der Waals surface area contributed by atoms with Gasteiger partial charge < -0.3 is 15.0 Å². The molecule has 6 nitrogen and oxygen atoms in total. The monoisotopic (exact) mass is 500 g/mol. The molecular weight excluding hydrogens is 467 g/mol. The molecule has 3 aliphatic rings. The number of halogens is 2. The van der Waals surface area contributed by atoms with Gasteiger partial charge in [0.05, 0.1) is 30.4 Å². The highest BCUT2D eigenvalue weighted by Crippen LogP contribution is 2.49. The summed E-state index contributed by atoms with van der Waals surface area (Å²) in [6, 6.07) is 5.12. The standard InChI is InChI=1S/C27H34ClFN4O2/c28-21-16-30-27(31-17-21)33-10-7-18(8-11-33)24-13-19(24)9-12-35-23-6-5-20(25(29)15-23)14-26(34)32-22-3-1-2-4-22/h5-6,15-19,22,24H,1-4,7-14H2,(H,32,34)/t19-,24-/m1/s1. The largest absolute Gasteiger partial charge is 0.493 e. The molecule has 5 rings (SSSR count). The summed E-state index contributed by atoms with van der Waals surface area (Å²) in [5.74, 6) is 3.04. The van der Waals surface area contributed by atoms with E-state index in [-0.39, 0.29) is 24.2 Å². The molecule has 35 heavy (non-hydrogen) atoms. The van der Waals surface area contributed by atoms with Gasteiger partial charge in [0.25, 0.3) is 0 Å². The van der Waals surface area contributed by atoms with E-state index in [1.165, 1.54) is 12.5 Å². The van der Waals surface area contributed by atoms with Crippen LogP contribution in [0.15, 0.2) is 30.6 Å². The smallest absolute Gasteiger partial charge is 0.225 e. The van der Waals surface area contributed by atoms with Crippen molar-refractivity contribution in [3.05, 3.63) is 47.0 Å². The third kappa shape index (κ3) is 6.43. The summed E-state index contributed by atoms with van der Waals surface area (Å²) in [4.78, 5) is 23.1. The quantitative estimate of drug-likeness (QED) is 0.513. The molecule has 0 radical (unpaired) electrons. The Labute approximate surface area is 211 Å². The van der Waals surface area contributed by atoms with Crippen LogP contribution in [0.1, 0.15) is 56.9 Å². The number of piperidine rings is 1. The van der Waals surface area contributed by atoms with Crippen LogP contribution in [0.25, 0.3) is 0 Å². The number of hydrogen-bond donors (Lipinski definition) is 1. The Hall–Kier alpha value is -2.41. The number of aromatic nitrogens is 2. The van der Waals surface area contributed by atoms with Gasteiger partial charge in [-0.1, -0.05) is 30.5 Å². The number of nitrogens with zero attached hydrogens (tertiary/aromatic N) is 3. The third-order valence-corrected chi connectivity index (χ3v) is 8.06. The molecule has 0 spiro atoms. The van der Waals surface area contributed by atoms with Crippen LogP contribution in [-0.4, -0.2) is 41.6 Å². The fourth-order valence-electron chi connectivity index (χ4n) is 5.79. The molecule has 2 atom stereocenters. The molecule has 188 valence electrons. The zero-order valence-corrected chi connectivity index (χ0v) is 20.9. The number of rotatable bonds is 9. The number of hydrogen-bond acceptors (Lipinski definition) is 5. The minimum absolute atomic E-state index is 0.0787. The van der Waals surface area contributed by atoms with Crippen molar-refractivity contribution < 1.29 is 13.9 Å². The Bertz CT molecular complexity index is 1010. The Kier molecular flexibility index (Phi) is 7.71. The molecule has 2 saturated carbocycles. The molecule has 0 bridgehead atoms. The zero-order chi connectivity index (χ0) is 24.2. The van der Waals surface area contributed by atoms with Crippen molar-refractivity contribution in [2.45, 2.75) is 63.8 Å². The van der Waals surface area contributed by atoms with Crippen LogP contribution in [0.5, 0.6) is 5.75 Å². The van der Waals surface area contributed by atoms with Crippen LogP contribution < -0.4 is 15.0 Å². The van der Waals surface area contributed by atoms with Crippen LogP contribution in [0.3, 0.4) is 0 Å². The number of amides is 1. The van der Waals surface area contributed by atoms with Crippen molar-refractivity contribution in [2.75, 3.05) is 24.6 Å². The molecule has 1 aromatic heterocycles. The molecule has 1 amide bonds. The molecule has 2 aliphatic carbocycles. The molecule has 1 aromatic carbocycles. The highest BCUT2D eigenvalue weighted by Gasteiger charge is 2.43. The van der Waals surface area contributed by atoms with Crippen LogP contribution in [0.4, 0.5) is 10.3 Å². The van der Waals surface area contributed by atoms with Gasteiger partial charge in [0.1, 0.15) is 11.6 Å². The fraction of sp³-hybridized carbons (Fsp3) is 0.593. The molecule has 2 aromatic rings. The van der Waals surface area contributed by atoms with Gasteiger partial charge in [-0.25, -0.2) is 14.4 Å². The van der Waals surface area contributed by atoms with E-state index in [0.717, 1.165) is 75.8 Å². The Morgan fingerprint density at radius 2 is 1.89 bits per heavy atom. The van der Waals surface area contributed by atoms with Gasteiger partial charge in [-0.05, 0) is 67.9 Å². The normalized spacial score (nSPS) is 22.9. The topological polar surface area (TPSA) is 67.3 Å². The summed E-state index contributed by atoms with van der Waals surface area (Å²) in [5.41, 5.74) is 0.422. The van der Waals surface area contributed by atoms with Crippen molar-refractivity contribution in [1.82, 2.24) is 15.3 Å². The lowest BCUT2D eigenvalue weighted by Gasteiger charge is -2.32. The Morgan fingerprint density at radius 1 is 1.14 bits per heavy atom. The lowest BCUT2D eigenvalue weighted by Crippen LogP contribution is -2.35. The van der Waals surface area contributed by atoms with Crippen molar-refractivity contribution in [2.24, 2.45) is 17.8 Å².